The van der Waals surface area contributed by atoms with E-state index in [4.69, 9.17) is 0 Å². The van der Waals surface area contributed by atoms with Gasteiger partial charge in [-0.2, -0.15) is 9.40 Å². The highest BCUT2D eigenvalue weighted by molar-refractivity contribution is 7.89. The predicted molar refractivity (Wildman–Crippen MR) is 95.3 cm³/mol. The molecule has 1 saturated heterocycles. The van der Waals surface area contributed by atoms with Gasteiger partial charge in [0.05, 0.1) is 12.2 Å². The van der Waals surface area contributed by atoms with Crippen molar-refractivity contribution in [3.05, 3.63) is 39.7 Å². The Kier molecular flexibility index (Phi) is 4.23. The zero-order valence-corrected chi connectivity index (χ0v) is 15.9. The average molecular weight is 377 g/mol. The molecule has 0 unspecified atom stereocenters. The Morgan fingerprint density at radius 1 is 1.23 bits per heavy atom. The molecule has 140 valence electrons. The Balaban J connectivity index is 1.45. The molecule has 0 spiro atoms. The van der Waals surface area contributed by atoms with Crippen LogP contribution in [0.3, 0.4) is 0 Å². The lowest BCUT2D eigenvalue weighted by atomic mass is 9.97. The van der Waals surface area contributed by atoms with Gasteiger partial charge < -0.3 is 4.57 Å². The summed E-state index contributed by atoms with van der Waals surface area (Å²) in [4.78, 5) is 16.4. The number of hydrogen-bond donors (Lipinski definition) is 0. The average Bonchev–Trinajstić information content (AvgIpc) is 2.90. The second kappa shape index (κ2) is 6.31. The van der Waals surface area contributed by atoms with Crippen LogP contribution in [0.25, 0.3) is 0 Å². The summed E-state index contributed by atoms with van der Waals surface area (Å²) in [6.07, 6.45) is 5.60. The summed E-state index contributed by atoms with van der Waals surface area (Å²) in [6.45, 7) is 3.01. The number of aromatic nitrogens is 4. The van der Waals surface area contributed by atoms with E-state index < -0.39 is 10.0 Å². The monoisotopic (exact) mass is 377 g/mol. The first-order valence-electron chi connectivity index (χ1n) is 8.94. The summed E-state index contributed by atoms with van der Waals surface area (Å²) in [7, 11) is -1.79. The van der Waals surface area contributed by atoms with E-state index >= 15 is 0 Å². The minimum atomic E-state index is -3.56. The Morgan fingerprint density at radius 2 is 1.96 bits per heavy atom. The highest BCUT2D eigenvalue weighted by atomic mass is 32.2. The molecule has 0 bridgehead atoms. The third kappa shape index (κ3) is 2.99. The van der Waals surface area contributed by atoms with E-state index in [1.807, 2.05) is 0 Å². The van der Waals surface area contributed by atoms with Crippen molar-refractivity contribution in [3.8, 4) is 0 Å². The van der Waals surface area contributed by atoms with Crippen LogP contribution in [0, 0.1) is 12.8 Å². The van der Waals surface area contributed by atoms with Gasteiger partial charge in [0.1, 0.15) is 5.82 Å². The lowest BCUT2D eigenvalue weighted by Crippen LogP contribution is -2.52. The van der Waals surface area contributed by atoms with Crippen molar-refractivity contribution in [2.24, 2.45) is 13.0 Å². The number of fused-ring (bicyclic) bond motifs is 1. The summed E-state index contributed by atoms with van der Waals surface area (Å²) in [6, 6.07) is 1.70. The Hall–Kier alpha value is -2.00. The summed E-state index contributed by atoms with van der Waals surface area (Å²) >= 11 is 0. The Bertz CT molecular complexity index is 982. The molecule has 2 aromatic heterocycles. The fraction of sp³-hybridized carbons (Fsp3) is 0.588. The standard InChI is InChI=1S/C17H23N5O3S/c1-12-18-16(11-20(12)2)26(24,25)21-8-13(9-21)10-22-17(23)7-14-5-3-4-6-15(14)19-22/h7,11,13H,3-6,8-10H2,1-2H3. The van der Waals surface area contributed by atoms with Crippen LogP contribution in [-0.4, -0.2) is 45.1 Å². The maximum absolute atomic E-state index is 12.6. The van der Waals surface area contributed by atoms with Crippen LogP contribution in [0.4, 0.5) is 0 Å². The number of hydrogen-bond acceptors (Lipinski definition) is 5. The maximum atomic E-state index is 12.6. The molecule has 1 fully saturated rings. The fourth-order valence-electron chi connectivity index (χ4n) is 3.59. The summed E-state index contributed by atoms with van der Waals surface area (Å²) in [5.74, 6) is 0.756. The largest absolute Gasteiger partial charge is 0.337 e. The molecule has 9 heteroatoms. The number of rotatable bonds is 4. The summed E-state index contributed by atoms with van der Waals surface area (Å²) in [5, 5.41) is 4.60. The SMILES string of the molecule is Cc1nc(S(=O)(=O)N2CC(Cn3nc4c(cc3=O)CCCC4)C2)cn1C. The lowest BCUT2D eigenvalue weighted by Gasteiger charge is -2.37. The van der Waals surface area contributed by atoms with Crippen LogP contribution in [0.1, 0.15) is 29.9 Å². The van der Waals surface area contributed by atoms with Gasteiger partial charge in [-0.1, -0.05) is 0 Å². The van der Waals surface area contributed by atoms with Crippen molar-refractivity contribution in [1.82, 2.24) is 23.6 Å². The van der Waals surface area contributed by atoms with E-state index in [1.54, 1.807) is 24.6 Å². The molecule has 26 heavy (non-hydrogen) atoms. The minimum Gasteiger partial charge on any atom is -0.337 e. The van der Waals surface area contributed by atoms with Gasteiger partial charge in [0.15, 0.2) is 5.03 Å². The van der Waals surface area contributed by atoms with Gasteiger partial charge in [-0.3, -0.25) is 4.79 Å². The number of imidazole rings is 1. The predicted octanol–water partition coefficient (Wildman–Crippen LogP) is 0.485. The molecular weight excluding hydrogens is 354 g/mol. The van der Waals surface area contributed by atoms with Crippen molar-refractivity contribution in [1.29, 1.82) is 0 Å². The molecular formula is C17H23N5O3S. The molecule has 1 aliphatic heterocycles. The maximum Gasteiger partial charge on any atom is 0.267 e. The van der Waals surface area contributed by atoms with Crippen molar-refractivity contribution in [2.45, 2.75) is 44.2 Å². The Labute approximate surface area is 152 Å². The molecule has 4 rings (SSSR count). The third-order valence-corrected chi connectivity index (χ3v) is 7.02. The molecule has 1 aliphatic carbocycles. The second-order valence-corrected chi connectivity index (χ2v) is 9.15. The van der Waals surface area contributed by atoms with Gasteiger partial charge in [0.2, 0.25) is 0 Å². The van der Waals surface area contributed by atoms with Gasteiger partial charge in [0, 0.05) is 38.3 Å². The number of nitrogens with zero attached hydrogens (tertiary/aromatic N) is 5. The van der Waals surface area contributed by atoms with Crippen LogP contribution in [0.5, 0.6) is 0 Å². The van der Waals surface area contributed by atoms with Crippen molar-refractivity contribution >= 4 is 10.0 Å². The van der Waals surface area contributed by atoms with Crippen LogP contribution in [-0.2, 0) is 36.5 Å². The van der Waals surface area contributed by atoms with Crippen molar-refractivity contribution < 1.29 is 8.42 Å². The molecule has 0 amide bonds. The van der Waals surface area contributed by atoms with Crippen molar-refractivity contribution in [3.63, 3.8) is 0 Å². The first-order valence-corrected chi connectivity index (χ1v) is 10.4. The molecule has 0 aromatic carbocycles. The van der Waals surface area contributed by atoms with E-state index in [0.29, 0.717) is 25.5 Å². The van der Waals surface area contributed by atoms with E-state index in [0.717, 1.165) is 36.9 Å². The summed E-state index contributed by atoms with van der Waals surface area (Å²) < 4.78 is 29.8. The highest BCUT2D eigenvalue weighted by Gasteiger charge is 2.38. The molecule has 0 saturated carbocycles. The van der Waals surface area contributed by atoms with E-state index in [9.17, 15) is 13.2 Å². The first kappa shape index (κ1) is 17.4. The number of sulfonamides is 1. The molecule has 0 radical (unpaired) electrons. The van der Waals surface area contributed by atoms with E-state index in [1.165, 1.54) is 15.2 Å². The molecule has 0 atom stereocenters. The van der Waals surface area contributed by atoms with Crippen LogP contribution in [0.2, 0.25) is 0 Å². The first-order chi connectivity index (χ1) is 12.3. The minimum absolute atomic E-state index is 0.0834. The fourth-order valence-corrected chi connectivity index (χ4v) is 5.21. The molecule has 2 aliphatic rings. The smallest absolute Gasteiger partial charge is 0.267 e. The van der Waals surface area contributed by atoms with Gasteiger partial charge >= 0.3 is 0 Å². The molecule has 2 aromatic rings. The zero-order chi connectivity index (χ0) is 18.5. The number of aryl methyl sites for hydroxylation is 4. The quantitative estimate of drug-likeness (QED) is 0.773. The highest BCUT2D eigenvalue weighted by Crippen LogP contribution is 2.25. The van der Waals surface area contributed by atoms with Gasteiger partial charge in [-0.25, -0.2) is 18.1 Å². The van der Waals surface area contributed by atoms with Gasteiger partial charge in [-0.05, 0) is 38.2 Å². The second-order valence-electron chi connectivity index (χ2n) is 7.27. The van der Waals surface area contributed by atoms with E-state index in [-0.39, 0.29) is 16.5 Å². The third-order valence-electron chi connectivity index (χ3n) is 5.32. The molecule has 0 N–H and O–H groups in total. The van der Waals surface area contributed by atoms with Gasteiger partial charge in [-0.15, -0.1) is 0 Å². The molecule has 8 nitrogen and oxygen atoms in total. The topological polar surface area (TPSA) is 90.1 Å². The van der Waals surface area contributed by atoms with Crippen LogP contribution in [0.15, 0.2) is 22.1 Å². The Morgan fingerprint density at radius 3 is 2.65 bits per heavy atom. The lowest BCUT2D eigenvalue weighted by molar-refractivity contribution is 0.171. The van der Waals surface area contributed by atoms with E-state index in [2.05, 4.69) is 10.1 Å². The van der Waals surface area contributed by atoms with Crippen LogP contribution < -0.4 is 5.56 Å². The summed E-state index contributed by atoms with van der Waals surface area (Å²) in [5.41, 5.74) is 2.00. The van der Waals surface area contributed by atoms with Crippen LogP contribution >= 0.6 is 0 Å². The van der Waals surface area contributed by atoms with Gasteiger partial charge in [0.25, 0.3) is 15.6 Å². The molecule has 3 heterocycles. The normalized spacial score (nSPS) is 18.5. The van der Waals surface area contributed by atoms with Crippen molar-refractivity contribution in [2.75, 3.05) is 13.1 Å². The zero-order valence-electron chi connectivity index (χ0n) is 15.1.